The van der Waals surface area contributed by atoms with Gasteiger partial charge in [-0.3, -0.25) is 4.79 Å². The number of ether oxygens (including phenoxy) is 1. The summed E-state index contributed by atoms with van der Waals surface area (Å²) < 4.78 is 31.8. The molecule has 25 heavy (non-hydrogen) atoms. The van der Waals surface area contributed by atoms with Crippen molar-refractivity contribution in [1.82, 2.24) is 9.62 Å². The highest BCUT2D eigenvalue weighted by Gasteiger charge is 2.59. The topological polar surface area (TPSA) is 113 Å². The zero-order valence-electron chi connectivity index (χ0n) is 14.4. The molecule has 1 amide bonds. The Hall–Kier alpha value is -1.97. The van der Waals surface area contributed by atoms with E-state index in [0.717, 1.165) is 5.56 Å². The van der Waals surface area contributed by atoms with E-state index >= 15 is 0 Å². The molecule has 2 rings (SSSR count). The number of esters is 1. The molecule has 9 heteroatoms. The number of carbonyl (C=O) groups is 2. The normalized spacial score (nSPS) is 24.1. The van der Waals surface area contributed by atoms with Gasteiger partial charge in [-0.1, -0.05) is 17.7 Å². The summed E-state index contributed by atoms with van der Waals surface area (Å²) in [6.07, 6.45) is -1.55. The Morgan fingerprint density at radius 3 is 2.48 bits per heavy atom. The first-order valence-electron chi connectivity index (χ1n) is 7.90. The largest absolute Gasteiger partial charge is 0.463 e. The van der Waals surface area contributed by atoms with Gasteiger partial charge in [0.15, 0.2) is 0 Å². The molecular formula is C16H22N2O6S. The van der Waals surface area contributed by atoms with Crippen molar-refractivity contribution >= 4 is 21.9 Å². The van der Waals surface area contributed by atoms with E-state index in [0.29, 0.717) is 4.31 Å². The van der Waals surface area contributed by atoms with Gasteiger partial charge in [-0.15, -0.1) is 4.31 Å². The van der Waals surface area contributed by atoms with E-state index in [4.69, 9.17) is 4.74 Å². The fraction of sp³-hybridized carbons (Fsp3) is 0.500. The second kappa shape index (κ2) is 7.11. The maximum atomic E-state index is 13.1. The second-order valence-electron chi connectivity index (χ2n) is 5.90. The number of nitrogens with zero attached hydrogens (tertiary/aromatic N) is 1. The molecule has 1 aromatic rings. The average molecular weight is 370 g/mol. The maximum Gasteiger partial charge on any atom is 0.348 e. The second-order valence-corrected chi connectivity index (χ2v) is 7.71. The lowest BCUT2D eigenvalue weighted by Gasteiger charge is -2.36. The number of carbonyl (C=O) groups excluding carboxylic acids is 2. The Labute approximate surface area is 146 Å². The number of hydrogen-bond acceptors (Lipinski definition) is 6. The Kier molecular flexibility index (Phi) is 5.50. The first-order chi connectivity index (χ1) is 11.6. The van der Waals surface area contributed by atoms with E-state index in [2.05, 4.69) is 5.32 Å². The molecule has 0 spiro atoms. The SMILES string of the molecule is CCOC(=O)C1(NC(C)=O)CCC(O)N1S(=O)(=O)c1ccc(C)cc1. The van der Waals surface area contributed by atoms with E-state index in [1.807, 2.05) is 0 Å². The van der Waals surface area contributed by atoms with E-state index in [1.54, 1.807) is 26.0 Å². The molecule has 0 radical (unpaired) electrons. The van der Waals surface area contributed by atoms with Crippen LogP contribution in [0.2, 0.25) is 0 Å². The van der Waals surface area contributed by atoms with Gasteiger partial charge in [-0.05, 0) is 32.4 Å². The van der Waals surface area contributed by atoms with E-state index in [9.17, 15) is 23.1 Å². The van der Waals surface area contributed by atoms with Gasteiger partial charge in [0.1, 0.15) is 6.23 Å². The molecule has 2 unspecified atom stereocenters. The number of rotatable bonds is 5. The summed E-state index contributed by atoms with van der Waals surface area (Å²) in [5, 5.41) is 12.7. The van der Waals surface area contributed by atoms with Gasteiger partial charge in [-0.25, -0.2) is 13.2 Å². The molecule has 0 aromatic heterocycles. The van der Waals surface area contributed by atoms with Crippen LogP contribution in [-0.4, -0.2) is 48.2 Å². The van der Waals surface area contributed by atoms with Crippen LogP contribution in [0.15, 0.2) is 29.2 Å². The van der Waals surface area contributed by atoms with Crippen molar-refractivity contribution in [3.63, 3.8) is 0 Å². The lowest BCUT2D eigenvalue weighted by Crippen LogP contribution is -2.65. The number of aliphatic hydroxyl groups is 1. The zero-order valence-corrected chi connectivity index (χ0v) is 15.2. The lowest BCUT2D eigenvalue weighted by molar-refractivity contribution is -0.160. The Bertz CT molecular complexity index is 761. The minimum Gasteiger partial charge on any atom is -0.463 e. The molecule has 0 aliphatic carbocycles. The van der Waals surface area contributed by atoms with E-state index in [-0.39, 0.29) is 24.3 Å². The number of nitrogens with one attached hydrogen (secondary N) is 1. The Balaban J connectivity index is 2.58. The summed E-state index contributed by atoms with van der Waals surface area (Å²) in [6, 6.07) is 6.00. The van der Waals surface area contributed by atoms with Crippen LogP contribution in [0.3, 0.4) is 0 Å². The summed E-state index contributed by atoms with van der Waals surface area (Å²) in [5.41, 5.74) is -1.11. The molecular weight excluding hydrogens is 348 g/mol. The van der Waals surface area contributed by atoms with Crippen molar-refractivity contribution < 1.29 is 27.9 Å². The standard InChI is InChI=1S/C16H22N2O6S/c1-4-24-15(21)16(17-12(3)19)10-9-14(20)18(16)25(22,23)13-7-5-11(2)6-8-13/h5-8,14,20H,4,9-10H2,1-3H3,(H,17,19). The minimum absolute atomic E-state index is 0.00861. The van der Waals surface area contributed by atoms with Crippen molar-refractivity contribution in [2.24, 2.45) is 0 Å². The van der Waals surface area contributed by atoms with Gasteiger partial charge in [0.05, 0.1) is 11.5 Å². The third-order valence-corrected chi connectivity index (χ3v) is 5.93. The van der Waals surface area contributed by atoms with Crippen LogP contribution in [-0.2, 0) is 24.3 Å². The van der Waals surface area contributed by atoms with Crippen LogP contribution in [0.25, 0.3) is 0 Å². The van der Waals surface area contributed by atoms with Crippen molar-refractivity contribution in [3.8, 4) is 0 Å². The van der Waals surface area contributed by atoms with Crippen LogP contribution >= 0.6 is 0 Å². The van der Waals surface area contributed by atoms with Crippen LogP contribution in [0.5, 0.6) is 0 Å². The Morgan fingerprint density at radius 1 is 1.36 bits per heavy atom. The highest BCUT2D eigenvalue weighted by Crippen LogP contribution is 2.37. The molecule has 1 aromatic carbocycles. The maximum absolute atomic E-state index is 13.1. The molecule has 0 bridgehead atoms. The van der Waals surface area contributed by atoms with Crippen LogP contribution in [0, 0.1) is 6.92 Å². The summed E-state index contributed by atoms with van der Waals surface area (Å²) in [6.45, 7) is 4.56. The minimum atomic E-state index is -4.25. The fourth-order valence-corrected chi connectivity index (χ4v) is 4.67. The smallest absolute Gasteiger partial charge is 0.348 e. The van der Waals surface area contributed by atoms with Crippen LogP contribution < -0.4 is 5.32 Å². The molecule has 1 heterocycles. The molecule has 0 saturated carbocycles. The summed E-state index contributed by atoms with van der Waals surface area (Å²) >= 11 is 0. The van der Waals surface area contributed by atoms with Gasteiger partial charge < -0.3 is 15.2 Å². The lowest BCUT2D eigenvalue weighted by atomic mass is 10.1. The predicted molar refractivity (Wildman–Crippen MR) is 88.6 cm³/mol. The number of hydrogen-bond donors (Lipinski definition) is 2. The number of amides is 1. The van der Waals surface area contributed by atoms with Crippen LogP contribution in [0.4, 0.5) is 0 Å². The summed E-state index contributed by atoms with van der Waals surface area (Å²) in [5.74, 6) is -1.52. The molecule has 2 atom stereocenters. The first-order valence-corrected chi connectivity index (χ1v) is 9.34. The van der Waals surface area contributed by atoms with Crippen molar-refractivity contribution in [2.75, 3.05) is 6.61 Å². The van der Waals surface area contributed by atoms with Gasteiger partial charge in [0.2, 0.25) is 21.6 Å². The van der Waals surface area contributed by atoms with Crippen molar-refractivity contribution in [2.45, 2.75) is 50.4 Å². The highest BCUT2D eigenvalue weighted by molar-refractivity contribution is 7.89. The van der Waals surface area contributed by atoms with Crippen LogP contribution in [0.1, 0.15) is 32.3 Å². The van der Waals surface area contributed by atoms with Crippen molar-refractivity contribution in [3.05, 3.63) is 29.8 Å². The third-order valence-electron chi connectivity index (χ3n) is 3.98. The predicted octanol–water partition coefficient (Wildman–Crippen LogP) is 0.493. The number of aryl methyl sites for hydroxylation is 1. The van der Waals surface area contributed by atoms with Gasteiger partial charge >= 0.3 is 5.97 Å². The number of aliphatic hydroxyl groups excluding tert-OH is 1. The third kappa shape index (κ3) is 3.53. The quantitative estimate of drug-likeness (QED) is 0.730. The highest BCUT2D eigenvalue weighted by atomic mass is 32.2. The molecule has 1 fully saturated rings. The Morgan fingerprint density at radius 2 is 1.96 bits per heavy atom. The van der Waals surface area contributed by atoms with Gasteiger partial charge in [0.25, 0.3) is 0 Å². The molecule has 138 valence electrons. The average Bonchev–Trinajstić information content (AvgIpc) is 2.85. The molecule has 1 aliphatic heterocycles. The van der Waals surface area contributed by atoms with Crippen molar-refractivity contribution in [1.29, 1.82) is 0 Å². The molecule has 1 saturated heterocycles. The summed E-state index contributed by atoms with van der Waals surface area (Å²) in [4.78, 5) is 24.1. The van der Waals surface area contributed by atoms with Gasteiger partial charge in [0, 0.05) is 13.3 Å². The molecule has 8 nitrogen and oxygen atoms in total. The molecule has 2 N–H and O–H groups in total. The van der Waals surface area contributed by atoms with E-state index in [1.165, 1.54) is 19.1 Å². The fourth-order valence-electron chi connectivity index (χ4n) is 2.91. The monoisotopic (exact) mass is 370 g/mol. The first kappa shape index (κ1) is 19.4. The van der Waals surface area contributed by atoms with Gasteiger partial charge in [-0.2, -0.15) is 0 Å². The zero-order chi connectivity index (χ0) is 18.8. The molecule has 1 aliphatic rings. The van der Waals surface area contributed by atoms with E-state index < -0.39 is 33.8 Å². The number of benzene rings is 1. The number of sulfonamides is 1. The summed E-state index contributed by atoms with van der Waals surface area (Å²) in [7, 11) is -4.25.